The minimum absolute atomic E-state index is 0.401. The average molecular weight is 296 g/mol. The van der Waals surface area contributed by atoms with Gasteiger partial charge in [0.05, 0.1) is 0 Å². The van der Waals surface area contributed by atoms with E-state index in [2.05, 4.69) is 34.4 Å². The van der Waals surface area contributed by atoms with Gasteiger partial charge in [0.15, 0.2) is 5.16 Å². The third-order valence-corrected chi connectivity index (χ3v) is 4.14. The molecule has 2 N–H and O–H groups in total. The smallest absolute Gasteiger partial charge is 0.191 e. The lowest BCUT2D eigenvalue weighted by Crippen LogP contribution is -2.31. The second-order valence-corrected chi connectivity index (χ2v) is 5.81. The molecule has 6 heteroatoms. The molecule has 0 radical (unpaired) electrons. The molecule has 0 amide bonds. The van der Waals surface area contributed by atoms with E-state index in [9.17, 15) is 0 Å². The van der Waals surface area contributed by atoms with Crippen LogP contribution in [0.3, 0.4) is 0 Å². The highest BCUT2D eigenvalue weighted by Crippen LogP contribution is 2.23. The summed E-state index contributed by atoms with van der Waals surface area (Å²) in [5, 5.41) is 7.57. The van der Waals surface area contributed by atoms with E-state index in [1.54, 1.807) is 11.8 Å². The van der Waals surface area contributed by atoms with Crippen molar-refractivity contribution in [3.05, 3.63) is 6.07 Å². The summed E-state index contributed by atoms with van der Waals surface area (Å²) >= 11 is 1.56. The van der Waals surface area contributed by atoms with Crippen molar-refractivity contribution in [3.63, 3.8) is 0 Å². The van der Waals surface area contributed by atoms with Crippen LogP contribution in [-0.2, 0) is 4.74 Å². The number of anilines is 2. The van der Waals surface area contributed by atoms with Gasteiger partial charge in [-0.15, -0.1) is 0 Å². The molecule has 0 spiro atoms. The van der Waals surface area contributed by atoms with Crippen molar-refractivity contribution in [3.8, 4) is 0 Å². The molecule has 112 valence electrons. The van der Waals surface area contributed by atoms with E-state index < -0.39 is 0 Å². The molecule has 0 aliphatic carbocycles. The maximum Gasteiger partial charge on any atom is 0.191 e. The van der Waals surface area contributed by atoms with Crippen LogP contribution < -0.4 is 10.6 Å². The maximum absolute atomic E-state index is 5.42. The van der Waals surface area contributed by atoms with Crippen LogP contribution in [0.25, 0.3) is 0 Å². The van der Waals surface area contributed by atoms with Crippen molar-refractivity contribution in [1.29, 1.82) is 0 Å². The Morgan fingerprint density at radius 2 is 2.05 bits per heavy atom. The maximum atomic E-state index is 5.42. The van der Waals surface area contributed by atoms with Crippen LogP contribution in [0, 0.1) is 5.92 Å². The number of aromatic nitrogens is 2. The van der Waals surface area contributed by atoms with Gasteiger partial charge in [-0.3, -0.25) is 0 Å². The molecule has 1 aliphatic rings. The van der Waals surface area contributed by atoms with Gasteiger partial charge in [-0.25, -0.2) is 9.97 Å². The Morgan fingerprint density at radius 1 is 1.35 bits per heavy atom. The fraction of sp³-hybridized carbons (Fsp3) is 0.714. The Morgan fingerprint density at radius 3 is 2.70 bits per heavy atom. The molecule has 0 saturated carbocycles. The fourth-order valence-electron chi connectivity index (χ4n) is 2.43. The quantitative estimate of drug-likeness (QED) is 0.622. The van der Waals surface area contributed by atoms with Crippen LogP contribution in [0.15, 0.2) is 11.2 Å². The van der Waals surface area contributed by atoms with E-state index in [4.69, 9.17) is 4.74 Å². The normalized spacial score (nSPS) is 17.8. The number of hydrogen-bond donors (Lipinski definition) is 2. The number of nitrogens with zero attached hydrogens (tertiary/aromatic N) is 2. The molecule has 20 heavy (non-hydrogen) atoms. The Bertz CT molecular complexity index is 424. The van der Waals surface area contributed by atoms with E-state index in [1.165, 1.54) is 0 Å². The monoisotopic (exact) mass is 296 g/mol. The predicted octanol–water partition coefficient (Wildman–Crippen LogP) is 2.86. The van der Waals surface area contributed by atoms with Crippen molar-refractivity contribution in [2.24, 2.45) is 5.92 Å². The average Bonchev–Trinajstić information content (AvgIpc) is 2.48. The van der Waals surface area contributed by atoms with E-state index in [0.29, 0.717) is 12.0 Å². The van der Waals surface area contributed by atoms with Crippen LogP contribution in [0.5, 0.6) is 0 Å². The Hall–Kier alpha value is -1.01. The van der Waals surface area contributed by atoms with Crippen molar-refractivity contribution < 1.29 is 4.74 Å². The van der Waals surface area contributed by atoms with E-state index in [0.717, 1.165) is 49.4 Å². The first-order valence-corrected chi connectivity index (χ1v) is 8.46. The summed E-state index contributed by atoms with van der Waals surface area (Å²) in [5.41, 5.74) is 0. The minimum Gasteiger partial charge on any atom is -0.381 e. The zero-order valence-corrected chi connectivity index (χ0v) is 13.3. The second kappa shape index (κ2) is 7.69. The molecular formula is C14H24N4OS. The highest BCUT2D eigenvalue weighted by Gasteiger charge is 2.20. The summed E-state index contributed by atoms with van der Waals surface area (Å²) in [7, 11) is 0. The summed E-state index contributed by atoms with van der Waals surface area (Å²) in [5.74, 6) is 2.44. The van der Waals surface area contributed by atoms with Crippen molar-refractivity contribution in [2.45, 2.75) is 37.9 Å². The lowest BCUT2D eigenvalue weighted by atomic mass is 9.93. The summed E-state index contributed by atoms with van der Waals surface area (Å²) in [6.07, 6.45) is 4.24. The van der Waals surface area contributed by atoms with Gasteiger partial charge in [0.25, 0.3) is 0 Å². The van der Waals surface area contributed by atoms with Crippen molar-refractivity contribution >= 4 is 23.4 Å². The van der Waals surface area contributed by atoms with Gasteiger partial charge < -0.3 is 15.4 Å². The summed E-state index contributed by atoms with van der Waals surface area (Å²) in [6.45, 7) is 6.90. The molecule has 2 rings (SSSR count). The molecule has 1 aliphatic heterocycles. The van der Waals surface area contributed by atoms with Gasteiger partial charge in [-0.1, -0.05) is 11.8 Å². The summed E-state index contributed by atoms with van der Waals surface area (Å²) < 4.78 is 5.42. The Balaban J connectivity index is 2.04. The van der Waals surface area contributed by atoms with Crippen LogP contribution >= 0.6 is 11.8 Å². The number of rotatable bonds is 6. The number of nitrogens with one attached hydrogen (secondary N) is 2. The zero-order valence-electron chi connectivity index (χ0n) is 12.5. The molecule has 2 heterocycles. The van der Waals surface area contributed by atoms with Crippen LogP contribution in [-0.4, -0.2) is 42.0 Å². The predicted molar refractivity (Wildman–Crippen MR) is 84.6 cm³/mol. The van der Waals surface area contributed by atoms with Gasteiger partial charge in [0, 0.05) is 31.9 Å². The van der Waals surface area contributed by atoms with Crippen molar-refractivity contribution in [2.75, 3.05) is 36.6 Å². The summed E-state index contributed by atoms with van der Waals surface area (Å²) in [4.78, 5) is 8.98. The molecule has 5 nitrogen and oxygen atoms in total. The van der Waals surface area contributed by atoms with Gasteiger partial charge in [-0.2, -0.15) is 0 Å². The topological polar surface area (TPSA) is 59.1 Å². The number of hydrogen-bond acceptors (Lipinski definition) is 6. The molecule has 1 atom stereocenters. The molecule has 0 bridgehead atoms. The Kier molecular flexibility index (Phi) is 5.91. The zero-order chi connectivity index (χ0) is 14.4. The third kappa shape index (κ3) is 4.24. The first kappa shape index (κ1) is 15.4. The van der Waals surface area contributed by atoms with Crippen LogP contribution in [0.2, 0.25) is 0 Å². The fourth-order valence-corrected chi connectivity index (χ4v) is 2.81. The molecule has 1 aromatic heterocycles. The van der Waals surface area contributed by atoms with E-state index in [1.807, 2.05) is 12.3 Å². The van der Waals surface area contributed by atoms with Gasteiger partial charge in [0.2, 0.25) is 0 Å². The van der Waals surface area contributed by atoms with Crippen LogP contribution in [0.4, 0.5) is 11.6 Å². The second-order valence-electron chi connectivity index (χ2n) is 5.04. The first-order chi connectivity index (χ1) is 9.72. The molecule has 1 aromatic rings. The molecule has 1 saturated heterocycles. The lowest BCUT2D eigenvalue weighted by molar-refractivity contribution is 0.0622. The highest BCUT2D eigenvalue weighted by atomic mass is 32.2. The van der Waals surface area contributed by atoms with Crippen molar-refractivity contribution in [1.82, 2.24) is 9.97 Å². The van der Waals surface area contributed by atoms with Gasteiger partial charge in [0.1, 0.15) is 11.6 Å². The number of ether oxygens (including phenoxy) is 1. The molecule has 0 aromatic carbocycles. The minimum atomic E-state index is 0.401. The van der Waals surface area contributed by atoms with Gasteiger partial charge in [-0.05, 0) is 38.9 Å². The highest BCUT2D eigenvalue weighted by molar-refractivity contribution is 7.98. The molecule has 1 unspecified atom stereocenters. The number of thioether (sulfide) groups is 1. The van der Waals surface area contributed by atoms with Crippen LogP contribution in [0.1, 0.15) is 26.7 Å². The third-order valence-electron chi connectivity index (χ3n) is 3.59. The first-order valence-electron chi connectivity index (χ1n) is 7.24. The summed E-state index contributed by atoms with van der Waals surface area (Å²) in [6, 6.07) is 2.39. The van der Waals surface area contributed by atoms with Gasteiger partial charge >= 0.3 is 0 Å². The molecule has 1 fully saturated rings. The van der Waals surface area contributed by atoms with E-state index in [-0.39, 0.29) is 0 Å². The standard InChI is InChI=1S/C14H24N4OS/c1-4-15-12-9-13(18-14(17-12)20-3)16-10(2)11-5-7-19-8-6-11/h9-11H,4-8H2,1-3H3,(H2,15,16,17,18). The molecular weight excluding hydrogens is 272 g/mol. The SMILES string of the molecule is CCNc1cc(NC(C)C2CCOCC2)nc(SC)n1. The lowest BCUT2D eigenvalue weighted by Gasteiger charge is -2.28. The largest absolute Gasteiger partial charge is 0.381 e. The van der Waals surface area contributed by atoms with E-state index >= 15 is 0 Å². The Labute approximate surface area is 125 Å².